The molecule has 0 aromatic heterocycles. The van der Waals surface area contributed by atoms with Crippen LogP contribution in [0.5, 0.6) is 0 Å². The van der Waals surface area contributed by atoms with Gasteiger partial charge in [-0.2, -0.15) is 0 Å². The van der Waals surface area contributed by atoms with Crippen molar-refractivity contribution in [3.05, 3.63) is 35.9 Å². The van der Waals surface area contributed by atoms with Crippen LogP contribution >= 0.6 is 0 Å². The normalized spacial score (nSPS) is 16.4. The summed E-state index contributed by atoms with van der Waals surface area (Å²) in [6.07, 6.45) is 20.6. The summed E-state index contributed by atoms with van der Waals surface area (Å²) in [5.74, 6) is 0.167. The monoisotopic (exact) mass is 442 g/mol. The molecule has 1 aromatic rings. The average molecular weight is 443 g/mol. The van der Waals surface area contributed by atoms with E-state index in [1.807, 2.05) is 6.07 Å². The van der Waals surface area contributed by atoms with E-state index in [-0.39, 0.29) is 17.5 Å². The third kappa shape index (κ3) is 12.5. The van der Waals surface area contributed by atoms with Crippen molar-refractivity contribution < 1.29 is 14.3 Å². The summed E-state index contributed by atoms with van der Waals surface area (Å²) in [5.41, 5.74) is 1.26. The fourth-order valence-corrected chi connectivity index (χ4v) is 4.71. The molecule has 1 atom stereocenters. The third-order valence-electron chi connectivity index (χ3n) is 6.77. The molecule has 1 unspecified atom stereocenters. The maximum Gasteiger partial charge on any atom is 0.143 e. The molecule has 1 aliphatic carbocycles. The van der Waals surface area contributed by atoms with Gasteiger partial charge in [0.2, 0.25) is 0 Å². The molecule has 1 fully saturated rings. The summed E-state index contributed by atoms with van der Waals surface area (Å²) >= 11 is 0. The van der Waals surface area contributed by atoms with Gasteiger partial charge in [0.1, 0.15) is 11.6 Å². The Hall–Kier alpha value is -1.48. The van der Waals surface area contributed by atoms with Gasteiger partial charge >= 0.3 is 0 Å². The van der Waals surface area contributed by atoms with Gasteiger partial charge in [-0.25, -0.2) is 0 Å². The van der Waals surface area contributed by atoms with Crippen molar-refractivity contribution in [1.29, 1.82) is 0 Å². The van der Waals surface area contributed by atoms with Crippen LogP contribution in [0.3, 0.4) is 0 Å². The van der Waals surface area contributed by atoms with Crippen LogP contribution in [-0.4, -0.2) is 18.2 Å². The SMILES string of the molecule is O=C(CCCCCCCCCCCCCCCOCc1ccccc1)C1CCCCC1=O. The maximum absolute atomic E-state index is 12.2. The Morgan fingerprint density at radius 1 is 0.750 bits per heavy atom. The number of carbonyl (C=O) groups is 2. The molecular weight excluding hydrogens is 396 g/mol. The van der Waals surface area contributed by atoms with Crippen molar-refractivity contribution in [3.8, 4) is 0 Å². The molecule has 0 spiro atoms. The fraction of sp³-hybridized carbons (Fsp3) is 0.724. The molecule has 1 aromatic carbocycles. The molecule has 0 amide bonds. The summed E-state index contributed by atoms with van der Waals surface area (Å²) in [6.45, 7) is 1.61. The van der Waals surface area contributed by atoms with Gasteiger partial charge in [0.25, 0.3) is 0 Å². The number of carbonyl (C=O) groups excluding carboxylic acids is 2. The number of benzene rings is 1. The molecule has 0 radical (unpaired) electrons. The van der Waals surface area contributed by atoms with Crippen LogP contribution in [-0.2, 0) is 20.9 Å². The topological polar surface area (TPSA) is 43.4 Å². The largest absolute Gasteiger partial charge is 0.377 e. The van der Waals surface area contributed by atoms with Crippen LogP contribution in [0.4, 0.5) is 0 Å². The highest BCUT2D eigenvalue weighted by atomic mass is 16.5. The summed E-state index contributed by atoms with van der Waals surface area (Å²) in [4.78, 5) is 24.0. The Bertz CT molecular complexity index is 610. The Labute approximate surface area is 196 Å². The number of unbranched alkanes of at least 4 members (excludes halogenated alkanes) is 12. The molecule has 32 heavy (non-hydrogen) atoms. The van der Waals surface area contributed by atoms with Crippen molar-refractivity contribution in [2.24, 2.45) is 5.92 Å². The van der Waals surface area contributed by atoms with Crippen molar-refractivity contribution in [3.63, 3.8) is 0 Å². The third-order valence-corrected chi connectivity index (χ3v) is 6.77. The first-order chi connectivity index (χ1) is 15.8. The first-order valence-electron chi connectivity index (χ1n) is 13.4. The highest BCUT2D eigenvalue weighted by molar-refractivity contribution is 6.02. The van der Waals surface area contributed by atoms with Gasteiger partial charge in [-0.15, -0.1) is 0 Å². The minimum absolute atomic E-state index is 0.203. The molecule has 1 saturated carbocycles. The Balaban J connectivity index is 1.26. The van der Waals surface area contributed by atoms with Gasteiger partial charge in [-0.05, 0) is 31.2 Å². The smallest absolute Gasteiger partial charge is 0.143 e. The first kappa shape index (κ1) is 26.8. The molecule has 0 heterocycles. The molecule has 0 N–H and O–H groups in total. The second-order valence-corrected chi connectivity index (χ2v) is 9.62. The van der Waals surface area contributed by atoms with Crippen LogP contribution in [0.15, 0.2) is 30.3 Å². The molecule has 2 rings (SSSR count). The zero-order chi connectivity index (χ0) is 22.7. The van der Waals surface area contributed by atoms with Crippen molar-refractivity contribution >= 4 is 11.6 Å². The summed E-state index contributed by atoms with van der Waals surface area (Å²) < 4.78 is 5.74. The number of ether oxygens (including phenoxy) is 1. The number of rotatable bonds is 19. The molecule has 0 bridgehead atoms. The van der Waals surface area contributed by atoms with Crippen LogP contribution in [0.2, 0.25) is 0 Å². The molecule has 3 heteroatoms. The number of Topliss-reactive ketones (excluding diaryl/α,β-unsaturated/α-hetero) is 2. The molecule has 180 valence electrons. The van der Waals surface area contributed by atoms with E-state index in [1.165, 1.54) is 76.2 Å². The van der Waals surface area contributed by atoms with Crippen LogP contribution in [0.25, 0.3) is 0 Å². The lowest BCUT2D eigenvalue weighted by atomic mass is 9.83. The quantitative estimate of drug-likeness (QED) is 0.161. The Morgan fingerprint density at radius 3 is 1.91 bits per heavy atom. The Morgan fingerprint density at radius 2 is 1.31 bits per heavy atom. The van der Waals surface area contributed by atoms with Crippen molar-refractivity contribution in [1.82, 2.24) is 0 Å². The van der Waals surface area contributed by atoms with E-state index in [0.29, 0.717) is 12.8 Å². The highest BCUT2D eigenvalue weighted by Crippen LogP contribution is 2.23. The van der Waals surface area contributed by atoms with E-state index < -0.39 is 0 Å². The van der Waals surface area contributed by atoms with Gasteiger partial charge in [-0.1, -0.05) is 107 Å². The van der Waals surface area contributed by atoms with Crippen molar-refractivity contribution in [2.45, 2.75) is 122 Å². The van der Waals surface area contributed by atoms with E-state index in [4.69, 9.17) is 4.74 Å². The zero-order valence-corrected chi connectivity index (χ0v) is 20.3. The Kier molecular flexibility index (Phi) is 15.1. The molecule has 0 aliphatic heterocycles. The van der Waals surface area contributed by atoms with E-state index in [2.05, 4.69) is 24.3 Å². The predicted octanol–water partition coefficient (Wildman–Crippen LogP) is 7.99. The summed E-state index contributed by atoms with van der Waals surface area (Å²) in [7, 11) is 0. The first-order valence-corrected chi connectivity index (χ1v) is 13.4. The zero-order valence-electron chi connectivity index (χ0n) is 20.3. The van der Waals surface area contributed by atoms with Gasteiger partial charge in [-0.3, -0.25) is 9.59 Å². The maximum atomic E-state index is 12.2. The number of ketones is 2. The van der Waals surface area contributed by atoms with Crippen molar-refractivity contribution in [2.75, 3.05) is 6.61 Å². The van der Waals surface area contributed by atoms with Gasteiger partial charge in [0, 0.05) is 19.4 Å². The molecule has 3 nitrogen and oxygen atoms in total. The van der Waals surface area contributed by atoms with E-state index in [1.54, 1.807) is 0 Å². The van der Waals surface area contributed by atoms with E-state index in [0.717, 1.165) is 45.3 Å². The molecule has 0 saturated heterocycles. The highest BCUT2D eigenvalue weighted by Gasteiger charge is 2.27. The van der Waals surface area contributed by atoms with Gasteiger partial charge in [0.05, 0.1) is 12.5 Å². The fourth-order valence-electron chi connectivity index (χ4n) is 4.71. The molecular formula is C29H46O3. The standard InChI is InChI=1S/C29H46O3/c30-28(27-21-16-17-23-29(27)31)22-15-10-8-6-4-2-1-3-5-7-9-11-18-24-32-25-26-19-13-12-14-20-26/h12-14,19-20,27H,1-11,15-18,21-25H2. The molecule has 1 aliphatic rings. The summed E-state index contributed by atoms with van der Waals surface area (Å²) in [6, 6.07) is 10.4. The minimum atomic E-state index is -0.253. The summed E-state index contributed by atoms with van der Waals surface area (Å²) in [5, 5.41) is 0. The number of hydrogen-bond donors (Lipinski definition) is 0. The van der Waals surface area contributed by atoms with E-state index >= 15 is 0 Å². The lowest BCUT2D eigenvalue weighted by Gasteiger charge is -2.19. The second kappa shape index (κ2) is 18.0. The predicted molar refractivity (Wildman–Crippen MR) is 133 cm³/mol. The number of hydrogen-bond acceptors (Lipinski definition) is 3. The van der Waals surface area contributed by atoms with Crippen LogP contribution in [0.1, 0.15) is 121 Å². The average Bonchev–Trinajstić information content (AvgIpc) is 2.82. The van der Waals surface area contributed by atoms with Crippen LogP contribution in [0, 0.1) is 5.92 Å². The lowest BCUT2D eigenvalue weighted by molar-refractivity contribution is -0.134. The second-order valence-electron chi connectivity index (χ2n) is 9.62. The van der Waals surface area contributed by atoms with Gasteiger partial charge < -0.3 is 4.74 Å². The van der Waals surface area contributed by atoms with E-state index in [9.17, 15) is 9.59 Å². The van der Waals surface area contributed by atoms with Gasteiger partial charge in [0.15, 0.2) is 0 Å². The lowest BCUT2D eigenvalue weighted by Crippen LogP contribution is -2.27. The minimum Gasteiger partial charge on any atom is -0.377 e. The van der Waals surface area contributed by atoms with Crippen LogP contribution < -0.4 is 0 Å².